The second kappa shape index (κ2) is 5.00. The highest BCUT2D eigenvalue weighted by Crippen LogP contribution is 2.57. The molecule has 124 valence electrons. The Hall–Kier alpha value is -1.00. The van der Waals surface area contributed by atoms with Crippen LogP contribution in [0.3, 0.4) is 0 Å². The van der Waals surface area contributed by atoms with E-state index in [1.54, 1.807) is 9.34 Å². The van der Waals surface area contributed by atoms with Crippen LogP contribution in [0.2, 0.25) is 0 Å². The maximum atomic E-state index is 13.4. The molecule has 6 nitrogen and oxygen atoms in total. The molecule has 3 heterocycles. The van der Waals surface area contributed by atoms with Gasteiger partial charge < -0.3 is 9.79 Å². The van der Waals surface area contributed by atoms with Crippen molar-refractivity contribution in [1.29, 1.82) is 0 Å². The van der Waals surface area contributed by atoms with Gasteiger partial charge in [0.2, 0.25) is 0 Å². The molecule has 0 bridgehead atoms. The smallest absolute Gasteiger partial charge is 0.284 e. The minimum atomic E-state index is -3.86. The predicted molar refractivity (Wildman–Crippen MR) is 85.3 cm³/mol. The molecule has 0 aliphatic carbocycles. The van der Waals surface area contributed by atoms with Gasteiger partial charge in [-0.25, -0.2) is 4.67 Å². The average molecular weight is 326 g/mol. The fraction of sp³-hybridized carbons (Fsp3) is 0.800. The van der Waals surface area contributed by atoms with Crippen LogP contribution < -0.4 is 4.89 Å². The van der Waals surface area contributed by atoms with E-state index in [4.69, 9.17) is 0 Å². The summed E-state index contributed by atoms with van der Waals surface area (Å²) in [5.41, 5.74) is 0. The van der Waals surface area contributed by atoms with Gasteiger partial charge in [0.1, 0.15) is 18.4 Å². The van der Waals surface area contributed by atoms with Crippen molar-refractivity contribution in [3.8, 4) is 0 Å². The van der Waals surface area contributed by atoms with Gasteiger partial charge in [0, 0.05) is 13.6 Å². The minimum absolute atomic E-state index is 0.0138. The summed E-state index contributed by atoms with van der Waals surface area (Å²) in [7, 11) is 0.0960. The Morgan fingerprint density at radius 1 is 1.23 bits per heavy atom. The minimum Gasteiger partial charge on any atom is -0.748 e. The first kappa shape index (κ1) is 15.9. The maximum Gasteiger partial charge on any atom is 0.284 e. The zero-order chi connectivity index (χ0) is 16.4. The molecular weight excluding hydrogens is 299 g/mol. The molecule has 22 heavy (non-hydrogen) atoms. The molecule has 3 rings (SSSR count). The zero-order valence-electron chi connectivity index (χ0n) is 14.4. The van der Waals surface area contributed by atoms with Crippen LogP contribution >= 0.6 is 7.67 Å². The second-order valence-corrected chi connectivity index (χ2v) is 9.27. The molecule has 0 aromatic rings. The summed E-state index contributed by atoms with van der Waals surface area (Å²) >= 11 is 0. The lowest BCUT2D eigenvalue weighted by Gasteiger charge is -2.45. The fourth-order valence-corrected chi connectivity index (χ4v) is 6.36. The Kier molecular flexibility index (Phi) is 3.61. The van der Waals surface area contributed by atoms with E-state index in [1.807, 2.05) is 20.2 Å². The number of fused-ring (bicyclic) bond motifs is 2. The van der Waals surface area contributed by atoms with E-state index in [0.717, 1.165) is 24.7 Å². The summed E-state index contributed by atoms with van der Waals surface area (Å²) in [6.45, 7) is 9.89. The third-order valence-corrected chi connectivity index (χ3v) is 7.24. The van der Waals surface area contributed by atoms with E-state index in [0.29, 0.717) is 0 Å². The highest BCUT2D eigenvalue weighted by molar-refractivity contribution is 7.52. The SMILES string of the molecule is CC(C)[C@H]1CN(C)C2=CC3=[N+](C)C[C@H](C(C)C)N3P(=O)([O-])N21. The van der Waals surface area contributed by atoms with Crippen LogP contribution in [-0.4, -0.2) is 63.9 Å². The first-order valence-corrected chi connectivity index (χ1v) is 9.60. The Labute approximate surface area is 133 Å². The zero-order valence-corrected chi connectivity index (χ0v) is 15.2. The first-order valence-electron chi connectivity index (χ1n) is 8.07. The van der Waals surface area contributed by atoms with E-state index in [2.05, 4.69) is 37.2 Å². The van der Waals surface area contributed by atoms with Crippen molar-refractivity contribution < 1.29 is 14.0 Å². The summed E-state index contributed by atoms with van der Waals surface area (Å²) in [6.07, 6.45) is 2.04. The molecule has 3 aliphatic rings. The molecule has 1 saturated heterocycles. The van der Waals surface area contributed by atoms with Crippen molar-refractivity contribution >= 4 is 13.5 Å². The Balaban J connectivity index is 2.14. The van der Waals surface area contributed by atoms with Crippen LogP contribution in [-0.2, 0) is 4.57 Å². The Bertz CT molecular complexity index is 598. The molecule has 0 saturated carbocycles. The molecule has 3 atom stereocenters. The van der Waals surface area contributed by atoms with E-state index in [9.17, 15) is 9.46 Å². The summed E-state index contributed by atoms with van der Waals surface area (Å²) < 4.78 is 18.8. The van der Waals surface area contributed by atoms with Gasteiger partial charge in [-0.2, -0.15) is 0 Å². The van der Waals surface area contributed by atoms with Gasteiger partial charge in [-0.3, -0.25) is 13.8 Å². The average Bonchev–Trinajstić information content (AvgIpc) is 2.91. The molecule has 0 aromatic carbocycles. The quantitative estimate of drug-likeness (QED) is 0.559. The fourth-order valence-electron chi connectivity index (χ4n) is 3.78. The molecule has 0 spiro atoms. The monoisotopic (exact) mass is 326 g/mol. The molecule has 7 heteroatoms. The molecule has 0 aromatic heterocycles. The number of nitrogens with zero attached hydrogens (tertiary/aromatic N) is 4. The van der Waals surface area contributed by atoms with Gasteiger partial charge in [-0.15, -0.1) is 0 Å². The molecule has 3 aliphatic heterocycles. The molecule has 1 unspecified atom stereocenters. The number of hydrogen-bond donors (Lipinski definition) is 0. The molecule has 1 fully saturated rings. The second-order valence-electron chi connectivity index (χ2n) is 7.42. The lowest BCUT2D eigenvalue weighted by molar-refractivity contribution is -0.490. The third-order valence-electron chi connectivity index (χ3n) is 5.14. The Morgan fingerprint density at radius 3 is 2.36 bits per heavy atom. The summed E-state index contributed by atoms with van der Waals surface area (Å²) in [5, 5.41) is 0. The van der Waals surface area contributed by atoms with Gasteiger partial charge in [-0.1, -0.05) is 27.7 Å². The molecule has 0 amide bonds. The van der Waals surface area contributed by atoms with E-state index in [1.165, 1.54) is 0 Å². The highest BCUT2D eigenvalue weighted by Gasteiger charge is 2.55. The van der Waals surface area contributed by atoms with E-state index >= 15 is 0 Å². The normalized spacial score (nSPS) is 34.8. The molecular formula is C15H27N4O2P. The van der Waals surface area contributed by atoms with Crippen molar-refractivity contribution in [2.45, 2.75) is 39.8 Å². The number of hydrogen-bond acceptors (Lipinski definition) is 3. The van der Waals surface area contributed by atoms with E-state index in [-0.39, 0.29) is 23.9 Å². The van der Waals surface area contributed by atoms with Crippen LogP contribution in [0, 0.1) is 11.8 Å². The molecule has 0 N–H and O–H groups in total. The standard InChI is InChI=1S/C15H27N4O2P/c1-10(2)12-8-16(5)14-7-15-17(6)9-13(11(3)4)19(15)22(20,21)18(12)14/h7,10-13H,8-9H2,1-6H3/t12-,13-/m1/s1. The van der Waals surface area contributed by atoms with Crippen LogP contribution in [0.25, 0.3) is 0 Å². The van der Waals surface area contributed by atoms with Crippen molar-refractivity contribution in [1.82, 2.24) is 14.2 Å². The topological polar surface area (TPSA) is 52.9 Å². The molecule has 0 radical (unpaired) electrons. The van der Waals surface area contributed by atoms with Gasteiger partial charge in [0.25, 0.3) is 13.5 Å². The van der Waals surface area contributed by atoms with Crippen LogP contribution in [0.1, 0.15) is 27.7 Å². The first-order chi connectivity index (χ1) is 10.2. The summed E-state index contributed by atoms with van der Waals surface area (Å²) in [4.78, 5) is 15.4. The van der Waals surface area contributed by atoms with Crippen molar-refractivity contribution in [2.24, 2.45) is 11.8 Å². The Morgan fingerprint density at radius 2 is 1.82 bits per heavy atom. The number of rotatable bonds is 2. The highest BCUT2D eigenvalue weighted by atomic mass is 31.2. The summed E-state index contributed by atoms with van der Waals surface area (Å²) in [6, 6.07) is 0.0275. The number of amidine groups is 1. The van der Waals surface area contributed by atoms with Gasteiger partial charge in [-0.05, 0) is 11.8 Å². The third kappa shape index (κ3) is 2.04. The van der Waals surface area contributed by atoms with Crippen molar-refractivity contribution in [3.05, 3.63) is 11.9 Å². The lowest BCUT2D eigenvalue weighted by atomic mass is 10.1. The van der Waals surface area contributed by atoms with Crippen LogP contribution in [0.5, 0.6) is 0 Å². The van der Waals surface area contributed by atoms with E-state index < -0.39 is 7.67 Å². The van der Waals surface area contributed by atoms with Crippen LogP contribution in [0.4, 0.5) is 0 Å². The van der Waals surface area contributed by atoms with Gasteiger partial charge in [0.15, 0.2) is 0 Å². The summed E-state index contributed by atoms with van der Waals surface area (Å²) in [5.74, 6) is 2.21. The largest absolute Gasteiger partial charge is 0.748 e. The van der Waals surface area contributed by atoms with Crippen molar-refractivity contribution in [3.63, 3.8) is 0 Å². The van der Waals surface area contributed by atoms with Crippen LogP contribution in [0.15, 0.2) is 11.9 Å². The lowest BCUT2D eigenvalue weighted by Crippen LogP contribution is -2.50. The number of likely N-dealkylation sites (N-methyl/N-ethyl adjacent to an activating group) is 2. The van der Waals surface area contributed by atoms with Gasteiger partial charge in [0.05, 0.1) is 19.2 Å². The van der Waals surface area contributed by atoms with Gasteiger partial charge >= 0.3 is 0 Å². The van der Waals surface area contributed by atoms with Crippen molar-refractivity contribution in [2.75, 3.05) is 27.2 Å². The predicted octanol–water partition coefficient (Wildman–Crippen LogP) is 0.963. The maximum absolute atomic E-state index is 13.4.